The fourth-order valence-corrected chi connectivity index (χ4v) is 2.84. The minimum atomic E-state index is 0.571. The second-order valence-electron chi connectivity index (χ2n) is 6.04. The van der Waals surface area contributed by atoms with E-state index in [1.807, 2.05) is 24.3 Å². The number of benzene rings is 2. The third kappa shape index (κ3) is 6.00. The number of halogens is 1. The van der Waals surface area contributed by atoms with E-state index in [4.69, 9.17) is 21.1 Å². The van der Waals surface area contributed by atoms with Gasteiger partial charge in [-0.2, -0.15) is 0 Å². The van der Waals surface area contributed by atoms with E-state index < -0.39 is 0 Å². The summed E-state index contributed by atoms with van der Waals surface area (Å²) in [4.78, 5) is 12.7. The lowest BCUT2D eigenvalue weighted by molar-refractivity contribution is -0.105. The van der Waals surface area contributed by atoms with Gasteiger partial charge in [-0.15, -0.1) is 0 Å². The number of morpholine rings is 1. The van der Waals surface area contributed by atoms with Crippen LogP contribution >= 0.6 is 11.6 Å². The van der Waals surface area contributed by atoms with Gasteiger partial charge < -0.3 is 14.8 Å². The van der Waals surface area contributed by atoms with Crippen molar-refractivity contribution in [3.8, 4) is 17.6 Å². The van der Waals surface area contributed by atoms with Gasteiger partial charge in [0.25, 0.3) is 0 Å². The summed E-state index contributed by atoms with van der Waals surface area (Å²) >= 11 is 6.24. The van der Waals surface area contributed by atoms with Gasteiger partial charge in [0, 0.05) is 36.4 Å². The minimum absolute atomic E-state index is 0.571. The largest absolute Gasteiger partial charge is 0.491 e. The first-order valence-electron chi connectivity index (χ1n) is 8.79. The fourth-order valence-electron chi connectivity index (χ4n) is 2.66. The molecule has 140 valence electrons. The maximum Gasteiger partial charge on any atom is 0.211 e. The van der Waals surface area contributed by atoms with E-state index >= 15 is 0 Å². The first kappa shape index (κ1) is 19.2. The molecule has 1 amide bonds. The Kier molecular flexibility index (Phi) is 7.11. The molecule has 3 rings (SSSR count). The molecule has 0 unspecified atom stereocenters. The smallest absolute Gasteiger partial charge is 0.211 e. The maximum absolute atomic E-state index is 10.4. The summed E-state index contributed by atoms with van der Waals surface area (Å²) in [5.74, 6) is 6.85. The number of amides is 1. The highest BCUT2D eigenvalue weighted by Crippen LogP contribution is 2.25. The van der Waals surface area contributed by atoms with Crippen molar-refractivity contribution in [3.63, 3.8) is 0 Å². The van der Waals surface area contributed by atoms with Gasteiger partial charge in [0.1, 0.15) is 12.4 Å². The van der Waals surface area contributed by atoms with E-state index in [1.165, 1.54) is 0 Å². The van der Waals surface area contributed by atoms with E-state index in [9.17, 15) is 4.79 Å². The van der Waals surface area contributed by atoms with Crippen molar-refractivity contribution in [2.75, 3.05) is 44.8 Å². The molecule has 1 aliphatic rings. The Balaban J connectivity index is 1.60. The zero-order valence-corrected chi connectivity index (χ0v) is 15.7. The summed E-state index contributed by atoms with van der Waals surface area (Å²) in [7, 11) is 0. The summed E-state index contributed by atoms with van der Waals surface area (Å²) < 4.78 is 11.2. The summed E-state index contributed by atoms with van der Waals surface area (Å²) in [5, 5.41) is 3.17. The van der Waals surface area contributed by atoms with Gasteiger partial charge in [0.05, 0.1) is 18.2 Å². The quantitative estimate of drug-likeness (QED) is 0.614. The van der Waals surface area contributed by atoms with Crippen molar-refractivity contribution >= 4 is 23.7 Å². The van der Waals surface area contributed by atoms with Crippen LogP contribution in [0, 0.1) is 11.8 Å². The van der Waals surface area contributed by atoms with Gasteiger partial charge in [-0.3, -0.25) is 9.69 Å². The van der Waals surface area contributed by atoms with E-state index in [2.05, 4.69) is 22.1 Å². The van der Waals surface area contributed by atoms with Gasteiger partial charge >= 0.3 is 0 Å². The summed E-state index contributed by atoms with van der Waals surface area (Å²) in [6, 6.07) is 12.8. The molecule has 27 heavy (non-hydrogen) atoms. The second kappa shape index (κ2) is 9.98. The SMILES string of the molecule is O=CNc1ccc(C#Cc2ccc(Cl)c(OCCN3CCOCC3)c2)cc1. The number of rotatable bonds is 6. The lowest BCUT2D eigenvalue weighted by atomic mass is 10.1. The molecule has 0 aromatic heterocycles. The number of nitrogens with zero attached hydrogens (tertiary/aromatic N) is 1. The average molecular weight is 385 g/mol. The molecular formula is C21H21ClN2O3. The van der Waals surface area contributed by atoms with Crippen LogP contribution in [-0.2, 0) is 9.53 Å². The van der Waals surface area contributed by atoms with Gasteiger partial charge in [0.15, 0.2) is 0 Å². The molecule has 0 spiro atoms. The first-order valence-corrected chi connectivity index (χ1v) is 9.17. The molecule has 2 aromatic carbocycles. The van der Waals surface area contributed by atoms with Gasteiger partial charge in [-0.25, -0.2) is 0 Å². The van der Waals surface area contributed by atoms with E-state index in [-0.39, 0.29) is 0 Å². The number of hydrogen-bond donors (Lipinski definition) is 1. The molecule has 5 nitrogen and oxygen atoms in total. The van der Waals surface area contributed by atoms with Gasteiger partial charge in [-0.1, -0.05) is 23.4 Å². The lowest BCUT2D eigenvalue weighted by Crippen LogP contribution is -2.38. The molecule has 0 atom stereocenters. The highest BCUT2D eigenvalue weighted by atomic mass is 35.5. The van der Waals surface area contributed by atoms with Crippen molar-refractivity contribution in [2.24, 2.45) is 0 Å². The summed E-state index contributed by atoms with van der Waals surface area (Å²) in [6.07, 6.45) is 0.648. The number of carbonyl (C=O) groups is 1. The maximum atomic E-state index is 10.4. The van der Waals surface area contributed by atoms with E-state index in [0.717, 1.165) is 49.7 Å². The molecule has 0 aliphatic carbocycles. The van der Waals surface area contributed by atoms with Crippen LogP contribution in [0.3, 0.4) is 0 Å². The number of hydrogen-bond acceptors (Lipinski definition) is 4. The van der Waals surface area contributed by atoms with Gasteiger partial charge in [-0.05, 0) is 42.5 Å². The van der Waals surface area contributed by atoms with Gasteiger partial charge in [0.2, 0.25) is 6.41 Å². The van der Waals surface area contributed by atoms with Crippen LogP contribution < -0.4 is 10.1 Å². The average Bonchev–Trinajstić information content (AvgIpc) is 2.70. The van der Waals surface area contributed by atoms with Crippen molar-refractivity contribution in [2.45, 2.75) is 0 Å². The minimum Gasteiger partial charge on any atom is -0.491 e. The third-order valence-corrected chi connectivity index (χ3v) is 4.47. The van der Waals surface area contributed by atoms with Crippen molar-refractivity contribution in [1.82, 2.24) is 4.90 Å². The normalized spacial score (nSPS) is 14.1. The lowest BCUT2D eigenvalue weighted by Gasteiger charge is -2.26. The van der Waals surface area contributed by atoms with Crippen molar-refractivity contribution in [1.29, 1.82) is 0 Å². The van der Waals surface area contributed by atoms with Crippen molar-refractivity contribution in [3.05, 3.63) is 58.6 Å². The van der Waals surface area contributed by atoms with E-state index in [0.29, 0.717) is 23.8 Å². The number of ether oxygens (including phenoxy) is 2. The molecule has 2 aromatic rings. The number of anilines is 1. The van der Waals surface area contributed by atoms with Crippen LogP contribution in [0.1, 0.15) is 11.1 Å². The van der Waals surface area contributed by atoms with Crippen molar-refractivity contribution < 1.29 is 14.3 Å². The molecule has 1 heterocycles. The molecule has 1 N–H and O–H groups in total. The number of carbonyl (C=O) groups excluding carboxylic acids is 1. The molecule has 1 fully saturated rings. The molecule has 0 radical (unpaired) electrons. The van der Waals surface area contributed by atoms with E-state index in [1.54, 1.807) is 18.2 Å². The molecule has 0 saturated carbocycles. The molecule has 6 heteroatoms. The van der Waals surface area contributed by atoms with Crippen LogP contribution in [0.15, 0.2) is 42.5 Å². The Bertz CT molecular complexity index is 822. The predicted octanol–water partition coefficient (Wildman–Crippen LogP) is 3.02. The summed E-state index contributed by atoms with van der Waals surface area (Å²) in [5.41, 5.74) is 2.42. The standard InChI is InChI=1S/C21H21ClN2O3/c22-20-8-5-18(2-1-17-3-6-19(7-4-17)23-16-25)15-21(20)27-14-11-24-9-12-26-13-10-24/h3-8,15-16H,9-14H2,(H,23,25). The zero-order valence-electron chi connectivity index (χ0n) is 14.9. The van der Waals surface area contributed by atoms with Crippen LogP contribution in [0.5, 0.6) is 5.75 Å². The topological polar surface area (TPSA) is 50.8 Å². The Labute approximate surface area is 164 Å². The van der Waals surface area contributed by atoms with Crippen LogP contribution in [-0.4, -0.2) is 50.8 Å². The number of nitrogens with one attached hydrogen (secondary N) is 1. The Morgan fingerprint density at radius 3 is 2.56 bits per heavy atom. The molecule has 1 saturated heterocycles. The Morgan fingerprint density at radius 1 is 1.11 bits per heavy atom. The van der Waals surface area contributed by atoms with Crippen LogP contribution in [0.25, 0.3) is 0 Å². The highest BCUT2D eigenvalue weighted by Gasteiger charge is 2.10. The monoisotopic (exact) mass is 384 g/mol. The molecule has 1 aliphatic heterocycles. The molecular weight excluding hydrogens is 364 g/mol. The zero-order chi connectivity index (χ0) is 18.9. The second-order valence-corrected chi connectivity index (χ2v) is 6.44. The third-order valence-electron chi connectivity index (χ3n) is 4.16. The predicted molar refractivity (Wildman–Crippen MR) is 106 cm³/mol. The Morgan fingerprint density at radius 2 is 1.81 bits per heavy atom. The van der Waals surface area contributed by atoms with Crippen LogP contribution in [0.4, 0.5) is 5.69 Å². The fraction of sp³-hybridized carbons (Fsp3) is 0.286. The summed E-state index contributed by atoms with van der Waals surface area (Å²) in [6.45, 7) is 4.84. The molecule has 0 bridgehead atoms. The first-order chi connectivity index (χ1) is 13.2. The van der Waals surface area contributed by atoms with Crippen LogP contribution in [0.2, 0.25) is 5.02 Å². The Hall–Kier alpha value is -2.52. The highest BCUT2D eigenvalue weighted by molar-refractivity contribution is 6.32.